The molecule has 6 nitrogen and oxygen atoms in total. The largest absolute Gasteiger partial charge is 0.325 e. The maximum Gasteiger partial charge on any atom is 0.319 e. The molecule has 0 spiro atoms. The van der Waals surface area contributed by atoms with Crippen LogP contribution in [0, 0.1) is 0 Å². The van der Waals surface area contributed by atoms with Crippen LogP contribution in [-0.4, -0.2) is 29.4 Å². The molecule has 2 rings (SSSR count). The van der Waals surface area contributed by atoms with Gasteiger partial charge in [0.05, 0.1) is 0 Å². The molecule has 0 atom stereocenters. The third-order valence-corrected chi connectivity index (χ3v) is 10.3. The molecule has 0 heterocycles. The van der Waals surface area contributed by atoms with E-state index in [0.29, 0.717) is 0 Å². The normalized spacial score (nSPS) is 20.4. The van der Waals surface area contributed by atoms with Crippen molar-refractivity contribution in [2.75, 3.05) is 0 Å². The Kier molecular flexibility index (Phi) is 13.9. The van der Waals surface area contributed by atoms with Gasteiger partial charge in [0.2, 0.25) is 0 Å². The zero-order valence-corrected chi connectivity index (χ0v) is 19.7. The van der Waals surface area contributed by atoms with Crippen LogP contribution in [0.3, 0.4) is 0 Å². The standard InChI is InChI=1S/2C6H11.2H3O3PS.Zn/c2*1-2-4-6-5-3-1;2*1-4(2,3)5;/h2*1H,2-6H2;2*(H3,1,2,3,5);. The van der Waals surface area contributed by atoms with Crippen molar-refractivity contribution in [3.05, 3.63) is 0 Å². The monoisotopic (exact) mass is 458 g/mol. The van der Waals surface area contributed by atoms with E-state index in [2.05, 4.69) is 23.6 Å². The number of hydrogen-bond acceptors (Lipinski definition) is 2. The fourth-order valence-electron chi connectivity index (χ4n) is 3.32. The third kappa shape index (κ3) is 23.7. The molecule has 0 amide bonds. The summed E-state index contributed by atoms with van der Waals surface area (Å²) in [6, 6.07) is 0. The Morgan fingerprint density at radius 1 is 0.565 bits per heavy atom. The van der Waals surface area contributed by atoms with E-state index in [9.17, 15) is 0 Å². The molecule has 0 aromatic rings. The summed E-state index contributed by atoms with van der Waals surface area (Å²) in [7, 11) is 0. The Morgan fingerprint density at radius 3 is 1.00 bits per heavy atom. The molecule has 2 aliphatic rings. The van der Waals surface area contributed by atoms with E-state index < -0.39 is 13.4 Å². The van der Waals surface area contributed by atoms with Crippen molar-refractivity contribution in [3.8, 4) is 0 Å². The summed E-state index contributed by atoms with van der Waals surface area (Å²) in [4.78, 5) is 45.3. The molecular weight excluding hydrogens is 432 g/mol. The van der Waals surface area contributed by atoms with E-state index in [1.54, 1.807) is 64.2 Å². The van der Waals surface area contributed by atoms with Crippen LogP contribution in [0.25, 0.3) is 0 Å². The molecule has 2 aliphatic carbocycles. The molecule has 0 unspecified atom stereocenters. The van der Waals surface area contributed by atoms with Gasteiger partial charge in [-0.2, -0.15) is 0 Å². The van der Waals surface area contributed by atoms with Crippen molar-refractivity contribution in [1.29, 1.82) is 0 Å². The number of hydrogen-bond donors (Lipinski definition) is 6. The first-order valence-electron chi connectivity index (χ1n) is 8.01. The van der Waals surface area contributed by atoms with Gasteiger partial charge in [-0.3, -0.25) is 0 Å². The van der Waals surface area contributed by atoms with Crippen LogP contribution < -0.4 is 0 Å². The van der Waals surface area contributed by atoms with Gasteiger partial charge < -0.3 is 29.4 Å². The molecule has 0 aromatic heterocycles. The van der Waals surface area contributed by atoms with E-state index in [1.807, 2.05) is 0 Å². The van der Waals surface area contributed by atoms with Gasteiger partial charge in [-0.15, -0.1) is 0 Å². The Hall–Kier alpha value is 1.68. The summed E-state index contributed by atoms with van der Waals surface area (Å²) in [6.45, 7) is -7.61. The van der Waals surface area contributed by atoms with Crippen molar-refractivity contribution in [2.24, 2.45) is 0 Å². The molecule has 0 aliphatic heterocycles. The number of rotatable bonds is 2. The summed E-state index contributed by atoms with van der Waals surface area (Å²) >= 11 is 7.09. The summed E-state index contributed by atoms with van der Waals surface area (Å²) in [5.41, 5.74) is 0. The zero-order chi connectivity index (χ0) is 17.9. The third-order valence-electron chi connectivity index (χ3n) is 4.12. The summed E-state index contributed by atoms with van der Waals surface area (Å²) in [5.74, 6) is 0. The van der Waals surface area contributed by atoms with Gasteiger partial charge >= 0.3 is 104 Å². The summed E-state index contributed by atoms with van der Waals surface area (Å²) in [6.07, 6.45) is 15.9. The van der Waals surface area contributed by atoms with E-state index >= 15 is 0 Å². The van der Waals surface area contributed by atoms with Gasteiger partial charge in [0.25, 0.3) is 0 Å². The summed E-state index contributed by atoms with van der Waals surface area (Å²) in [5, 5.41) is 0. The molecule has 6 N–H and O–H groups in total. The molecule has 0 saturated heterocycles. The zero-order valence-electron chi connectivity index (χ0n) is 13.3. The maximum absolute atomic E-state index is 7.56. The first-order chi connectivity index (χ1) is 10.4. The van der Waals surface area contributed by atoms with Crippen LogP contribution >= 0.6 is 13.4 Å². The summed E-state index contributed by atoms with van der Waals surface area (Å²) < 4.78 is 2.62. The smallest absolute Gasteiger partial charge is 0.319 e. The molecule has 11 heteroatoms. The average molecular weight is 460 g/mol. The predicted molar refractivity (Wildman–Crippen MR) is 95.6 cm³/mol. The van der Waals surface area contributed by atoms with Crippen LogP contribution in [0.2, 0.25) is 9.02 Å². The van der Waals surface area contributed by atoms with Crippen LogP contribution in [0.1, 0.15) is 64.2 Å². The van der Waals surface area contributed by atoms with Crippen LogP contribution in [0.4, 0.5) is 0 Å². The molecule has 23 heavy (non-hydrogen) atoms. The maximum atomic E-state index is 7.56. The van der Waals surface area contributed by atoms with E-state index in [0.717, 1.165) is 0 Å². The fraction of sp³-hybridized carbons (Fsp3) is 1.00. The minimum Gasteiger partial charge on any atom is -0.325 e. The van der Waals surface area contributed by atoms with E-state index in [1.165, 1.54) is 9.02 Å². The molecule has 0 radical (unpaired) electrons. The second-order valence-electron chi connectivity index (χ2n) is 6.27. The Morgan fingerprint density at radius 2 is 0.783 bits per heavy atom. The second-order valence-corrected chi connectivity index (χ2v) is 17.1. The molecule has 2 fully saturated rings. The van der Waals surface area contributed by atoms with Gasteiger partial charge in [0.15, 0.2) is 0 Å². The predicted octanol–water partition coefficient (Wildman–Crippen LogP) is 2.95. The van der Waals surface area contributed by atoms with Gasteiger partial charge in [0.1, 0.15) is 0 Å². The van der Waals surface area contributed by atoms with Crippen molar-refractivity contribution >= 4 is 37.1 Å². The Bertz CT molecular complexity index is 338. The molecule has 136 valence electrons. The minimum atomic E-state index is -3.81. The average Bonchev–Trinajstić information content (AvgIpc) is 2.37. The van der Waals surface area contributed by atoms with Crippen molar-refractivity contribution < 1.29 is 46.5 Å². The first kappa shape index (κ1) is 24.7. The first-order valence-corrected chi connectivity index (χ1v) is 16.8. The Balaban J connectivity index is 0.000000406. The van der Waals surface area contributed by atoms with Gasteiger partial charge in [-0.1, -0.05) is 0 Å². The molecule has 0 bridgehead atoms. The minimum absolute atomic E-state index is 0.123. The SMILES string of the molecule is C1CC[CH]([Zn][CH]2CCCCC2)CC1.OP(O)(O)=S.OP(O)(O)=S. The van der Waals surface area contributed by atoms with Gasteiger partial charge in [-0.25, -0.2) is 0 Å². The Labute approximate surface area is 156 Å². The van der Waals surface area contributed by atoms with Crippen molar-refractivity contribution in [3.63, 3.8) is 0 Å². The van der Waals surface area contributed by atoms with E-state index in [4.69, 9.17) is 29.4 Å². The van der Waals surface area contributed by atoms with Crippen molar-refractivity contribution in [2.45, 2.75) is 73.2 Å². The van der Waals surface area contributed by atoms with Crippen LogP contribution in [0.15, 0.2) is 0 Å². The fourth-order valence-corrected chi connectivity index (χ4v) is 9.70. The molecule has 2 saturated carbocycles. The molecular formula is C12H28O6P2S2Zn. The van der Waals surface area contributed by atoms with Crippen LogP contribution in [0.5, 0.6) is 0 Å². The quantitative estimate of drug-likeness (QED) is 0.275. The van der Waals surface area contributed by atoms with Gasteiger partial charge in [-0.05, 0) is 23.6 Å². The van der Waals surface area contributed by atoms with Crippen LogP contribution in [-0.2, 0) is 40.7 Å². The van der Waals surface area contributed by atoms with Crippen molar-refractivity contribution in [1.82, 2.24) is 0 Å². The topological polar surface area (TPSA) is 121 Å². The van der Waals surface area contributed by atoms with Gasteiger partial charge in [0, 0.05) is 0 Å². The van der Waals surface area contributed by atoms with E-state index in [-0.39, 0.29) is 17.1 Å². The molecule has 0 aromatic carbocycles. The second kappa shape index (κ2) is 12.9.